The monoisotopic (exact) mass is 439 g/mol. The Morgan fingerprint density at radius 3 is 2.39 bits per heavy atom. The average Bonchev–Trinajstić information content (AvgIpc) is 3.28. The van der Waals surface area contributed by atoms with E-state index >= 15 is 0 Å². The average molecular weight is 440 g/mol. The summed E-state index contributed by atoms with van der Waals surface area (Å²) in [4.78, 5) is 28.5. The number of hydrogen-bond donors (Lipinski definition) is 0. The maximum absolute atomic E-state index is 12.8. The van der Waals surface area contributed by atoms with Gasteiger partial charge in [-0.3, -0.25) is 9.59 Å². The third-order valence-electron chi connectivity index (χ3n) is 5.70. The standard InChI is InChI=1S/C22H22ClN5O3/c1-31-21(30)22(17-5-3-2-4-6-17)11-13-27(14-12-22)19(29)15-28-25-20(24-26-28)16-7-9-18(23)10-8-16/h2-10H,11-15H2,1H3. The molecule has 1 fully saturated rings. The Morgan fingerprint density at radius 2 is 1.74 bits per heavy atom. The van der Waals surface area contributed by atoms with E-state index in [0.717, 1.165) is 11.1 Å². The van der Waals surface area contributed by atoms with E-state index in [-0.39, 0.29) is 18.4 Å². The zero-order valence-corrected chi connectivity index (χ0v) is 17.8. The number of carbonyl (C=O) groups excluding carboxylic acids is 2. The molecule has 8 nitrogen and oxygen atoms in total. The molecule has 0 aliphatic carbocycles. The maximum Gasteiger partial charge on any atom is 0.316 e. The van der Waals surface area contributed by atoms with Crippen LogP contribution in [0.15, 0.2) is 54.6 Å². The van der Waals surface area contributed by atoms with Crippen molar-refractivity contribution >= 4 is 23.5 Å². The lowest BCUT2D eigenvalue weighted by Gasteiger charge is -2.40. The van der Waals surface area contributed by atoms with Crippen molar-refractivity contribution in [2.45, 2.75) is 24.8 Å². The molecule has 2 heterocycles. The maximum atomic E-state index is 12.8. The molecule has 9 heteroatoms. The summed E-state index contributed by atoms with van der Waals surface area (Å²) in [7, 11) is 1.40. The van der Waals surface area contributed by atoms with Gasteiger partial charge in [-0.25, -0.2) is 0 Å². The molecule has 1 aromatic heterocycles. The van der Waals surface area contributed by atoms with Gasteiger partial charge in [0, 0.05) is 23.7 Å². The highest BCUT2D eigenvalue weighted by Crippen LogP contribution is 2.36. The Morgan fingerprint density at radius 1 is 1.06 bits per heavy atom. The van der Waals surface area contributed by atoms with Crippen LogP contribution in [-0.4, -0.2) is 57.2 Å². The van der Waals surface area contributed by atoms with Gasteiger partial charge in [-0.2, -0.15) is 4.80 Å². The second-order valence-electron chi connectivity index (χ2n) is 7.47. The Bertz CT molecular complexity index is 1060. The van der Waals surface area contributed by atoms with E-state index in [1.807, 2.05) is 30.3 Å². The number of rotatable bonds is 5. The highest BCUT2D eigenvalue weighted by Gasteiger charge is 2.44. The van der Waals surface area contributed by atoms with Crippen molar-refractivity contribution in [1.29, 1.82) is 0 Å². The number of piperidine rings is 1. The van der Waals surface area contributed by atoms with Gasteiger partial charge in [-0.1, -0.05) is 41.9 Å². The predicted molar refractivity (Wildman–Crippen MR) is 114 cm³/mol. The summed E-state index contributed by atoms with van der Waals surface area (Å²) in [6.07, 6.45) is 0.993. The summed E-state index contributed by atoms with van der Waals surface area (Å²) < 4.78 is 5.11. The summed E-state index contributed by atoms with van der Waals surface area (Å²) >= 11 is 5.91. The van der Waals surface area contributed by atoms with Crippen LogP contribution >= 0.6 is 11.6 Å². The van der Waals surface area contributed by atoms with Crippen LogP contribution in [0.4, 0.5) is 0 Å². The number of tetrazole rings is 1. The van der Waals surface area contributed by atoms with Crippen molar-refractivity contribution in [3.8, 4) is 11.4 Å². The van der Waals surface area contributed by atoms with Gasteiger partial charge in [0.05, 0.1) is 12.5 Å². The van der Waals surface area contributed by atoms with Crippen LogP contribution in [0, 0.1) is 0 Å². The van der Waals surface area contributed by atoms with Crippen molar-refractivity contribution < 1.29 is 14.3 Å². The number of amides is 1. The van der Waals surface area contributed by atoms with Crippen LogP contribution in [0.2, 0.25) is 5.02 Å². The number of benzene rings is 2. The summed E-state index contributed by atoms with van der Waals surface area (Å²) in [5.74, 6) is 0.0415. The van der Waals surface area contributed by atoms with E-state index in [1.54, 1.807) is 29.2 Å². The fraction of sp³-hybridized carbons (Fsp3) is 0.318. The molecule has 0 spiro atoms. The van der Waals surface area contributed by atoms with Crippen LogP contribution < -0.4 is 0 Å². The molecule has 1 aliphatic heterocycles. The summed E-state index contributed by atoms with van der Waals surface area (Å²) in [6, 6.07) is 16.7. The number of ether oxygens (including phenoxy) is 1. The molecule has 0 saturated carbocycles. The molecule has 2 aromatic carbocycles. The normalized spacial score (nSPS) is 15.5. The number of nitrogens with zero attached hydrogens (tertiary/aromatic N) is 5. The zero-order chi connectivity index (χ0) is 21.8. The topological polar surface area (TPSA) is 90.2 Å². The van der Waals surface area contributed by atoms with Crippen molar-refractivity contribution in [1.82, 2.24) is 25.1 Å². The van der Waals surface area contributed by atoms with Gasteiger partial charge in [-0.15, -0.1) is 10.2 Å². The third-order valence-corrected chi connectivity index (χ3v) is 5.96. The van der Waals surface area contributed by atoms with Crippen molar-refractivity contribution in [2.24, 2.45) is 0 Å². The minimum atomic E-state index is -0.736. The second-order valence-corrected chi connectivity index (χ2v) is 7.91. The molecule has 4 rings (SSSR count). The minimum absolute atomic E-state index is 0.0167. The number of esters is 1. The zero-order valence-electron chi connectivity index (χ0n) is 17.1. The van der Waals surface area contributed by atoms with Crippen LogP contribution in [-0.2, 0) is 26.3 Å². The highest BCUT2D eigenvalue weighted by atomic mass is 35.5. The van der Waals surface area contributed by atoms with Crippen LogP contribution in [0.25, 0.3) is 11.4 Å². The fourth-order valence-corrected chi connectivity index (χ4v) is 4.07. The van der Waals surface area contributed by atoms with Gasteiger partial charge in [-0.05, 0) is 47.9 Å². The lowest BCUT2D eigenvalue weighted by molar-refractivity contribution is -0.151. The van der Waals surface area contributed by atoms with E-state index in [2.05, 4.69) is 15.4 Å². The third kappa shape index (κ3) is 4.29. The first-order valence-electron chi connectivity index (χ1n) is 9.97. The van der Waals surface area contributed by atoms with Gasteiger partial charge < -0.3 is 9.64 Å². The summed E-state index contributed by atoms with van der Waals surface area (Å²) in [5.41, 5.74) is 0.950. The van der Waals surface area contributed by atoms with Crippen molar-refractivity contribution in [2.75, 3.05) is 20.2 Å². The number of hydrogen-bond acceptors (Lipinski definition) is 6. The first-order chi connectivity index (χ1) is 15.0. The lowest BCUT2D eigenvalue weighted by Crippen LogP contribution is -2.50. The van der Waals surface area contributed by atoms with E-state index < -0.39 is 5.41 Å². The number of carbonyl (C=O) groups is 2. The first kappa shape index (κ1) is 21.0. The van der Waals surface area contributed by atoms with Crippen molar-refractivity contribution in [3.63, 3.8) is 0 Å². The quantitative estimate of drug-likeness (QED) is 0.568. The van der Waals surface area contributed by atoms with Gasteiger partial charge in [0.1, 0.15) is 6.54 Å². The predicted octanol–water partition coefficient (Wildman–Crippen LogP) is 2.73. The van der Waals surface area contributed by atoms with E-state index in [4.69, 9.17) is 16.3 Å². The molecular formula is C22H22ClN5O3. The van der Waals surface area contributed by atoms with Gasteiger partial charge in [0.15, 0.2) is 0 Å². The SMILES string of the molecule is COC(=O)C1(c2ccccc2)CCN(C(=O)Cn2nnc(-c3ccc(Cl)cc3)n2)CC1. The highest BCUT2D eigenvalue weighted by molar-refractivity contribution is 6.30. The number of methoxy groups -OCH3 is 1. The molecule has 160 valence electrons. The Labute approximate surface area is 184 Å². The molecular weight excluding hydrogens is 418 g/mol. The summed E-state index contributed by atoms with van der Waals surface area (Å²) in [6.45, 7) is 0.875. The van der Waals surface area contributed by atoms with Gasteiger partial charge >= 0.3 is 5.97 Å². The lowest BCUT2D eigenvalue weighted by atomic mass is 9.72. The smallest absolute Gasteiger partial charge is 0.316 e. The summed E-state index contributed by atoms with van der Waals surface area (Å²) in [5, 5.41) is 12.9. The Hall–Kier alpha value is -3.26. The van der Waals surface area contributed by atoms with Crippen molar-refractivity contribution in [3.05, 3.63) is 65.2 Å². The molecule has 0 radical (unpaired) electrons. The number of aromatic nitrogens is 4. The first-order valence-corrected chi connectivity index (χ1v) is 10.3. The largest absolute Gasteiger partial charge is 0.468 e. The molecule has 0 atom stereocenters. The van der Waals surface area contributed by atoms with Crippen LogP contribution in [0.5, 0.6) is 0 Å². The molecule has 31 heavy (non-hydrogen) atoms. The number of halogens is 1. The fourth-order valence-electron chi connectivity index (χ4n) is 3.95. The molecule has 1 saturated heterocycles. The van der Waals surface area contributed by atoms with E-state index in [0.29, 0.717) is 36.8 Å². The van der Waals surface area contributed by atoms with Crippen LogP contribution in [0.3, 0.4) is 0 Å². The molecule has 3 aromatic rings. The van der Waals surface area contributed by atoms with Gasteiger partial charge in [0.25, 0.3) is 0 Å². The molecule has 0 unspecified atom stereocenters. The molecule has 0 N–H and O–H groups in total. The molecule has 1 amide bonds. The Balaban J connectivity index is 1.42. The molecule has 0 bridgehead atoms. The van der Waals surface area contributed by atoms with E-state index in [9.17, 15) is 9.59 Å². The van der Waals surface area contributed by atoms with Gasteiger partial charge in [0.2, 0.25) is 11.7 Å². The Kier molecular flexibility index (Phi) is 5.99. The molecule has 1 aliphatic rings. The van der Waals surface area contributed by atoms with E-state index in [1.165, 1.54) is 11.9 Å². The second kappa shape index (κ2) is 8.85. The minimum Gasteiger partial charge on any atom is -0.468 e. The van der Waals surface area contributed by atoms with Crippen LogP contribution in [0.1, 0.15) is 18.4 Å². The number of likely N-dealkylation sites (tertiary alicyclic amines) is 1.